The van der Waals surface area contributed by atoms with Crippen molar-refractivity contribution < 1.29 is 29.3 Å². The molecule has 0 rings (SSSR count). The number of allylic oxidation sites excluding steroid dienone is 1. The maximum absolute atomic E-state index is 12.2. The van der Waals surface area contributed by atoms with Crippen molar-refractivity contribution in [3.05, 3.63) is 12.7 Å². The summed E-state index contributed by atoms with van der Waals surface area (Å²) in [5.41, 5.74) is 0. The van der Waals surface area contributed by atoms with Gasteiger partial charge in [-0.2, -0.15) is 0 Å². The van der Waals surface area contributed by atoms with Crippen molar-refractivity contribution >= 4 is 17.7 Å². The second-order valence-corrected chi connectivity index (χ2v) is 5.88. The molecule has 6 heteroatoms. The average molecular weight is 314 g/mol. The minimum absolute atomic E-state index is 0.0941. The number of carboxylic acid groups (broad SMARTS) is 1. The number of carbonyl (C=O) groups is 3. The van der Waals surface area contributed by atoms with Crippen molar-refractivity contribution in [3.8, 4) is 0 Å². The van der Waals surface area contributed by atoms with E-state index in [1.165, 1.54) is 0 Å². The maximum Gasteiger partial charge on any atom is 0.310 e. The van der Waals surface area contributed by atoms with Gasteiger partial charge in [0.05, 0.1) is 18.4 Å². The average Bonchev–Trinajstić information content (AvgIpc) is 2.43. The van der Waals surface area contributed by atoms with Crippen LogP contribution in [0.15, 0.2) is 12.7 Å². The summed E-state index contributed by atoms with van der Waals surface area (Å²) in [7, 11) is 0. The zero-order valence-electron chi connectivity index (χ0n) is 13.4. The molecule has 2 N–H and O–H groups in total. The first-order valence-corrected chi connectivity index (χ1v) is 7.37. The van der Waals surface area contributed by atoms with Crippen LogP contribution in [0.3, 0.4) is 0 Å². The fourth-order valence-corrected chi connectivity index (χ4v) is 2.25. The molecule has 0 saturated heterocycles. The number of ketones is 1. The van der Waals surface area contributed by atoms with Gasteiger partial charge in [0.2, 0.25) is 0 Å². The third kappa shape index (κ3) is 6.85. The Labute approximate surface area is 131 Å². The lowest BCUT2D eigenvalue weighted by Gasteiger charge is -2.25. The second-order valence-electron chi connectivity index (χ2n) is 5.88. The first-order chi connectivity index (χ1) is 10.2. The van der Waals surface area contributed by atoms with Gasteiger partial charge >= 0.3 is 11.9 Å². The molecule has 0 heterocycles. The Morgan fingerprint density at radius 1 is 1.23 bits per heavy atom. The van der Waals surface area contributed by atoms with Crippen LogP contribution in [0.25, 0.3) is 0 Å². The molecule has 0 saturated carbocycles. The molecule has 0 bridgehead atoms. The molecule has 0 aliphatic rings. The number of carboxylic acids is 1. The quantitative estimate of drug-likeness (QED) is 0.444. The monoisotopic (exact) mass is 314 g/mol. The van der Waals surface area contributed by atoms with Gasteiger partial charge in [-0.25, -0.2) is 0 Å². The van der Waals surface area contributed by atoms with Crippen LogP contribution in [-0.4, -0.2) is 41.1 Å². The molecule has 0 aliphatic carbocycles. The summed E-state index contributed by atoms with van der Waals surface area (Å²) in [6, 6.07) is 0. The van der Waals surface area contributed by atoms with Crippen LogP contribution in [-0.2, 0) is 19.1 Å². The summed E-state index contributed by atoms with van der Waals surface area (Å²) in [4.78, 5) is 35.0. The van der Waals surface area contributed by atoms with Gasteiger partial charge in [-0.1, -0.05) is 26.8 Å². The summed E-state index contributed by atoms with van der Waals surface area (Å²) in [6.07, 6.45) is 2.02. The van der Waals surface area contributed by atoms with Crippen LogP contribution in [0.4, 0.5) is 0 Å². The fourth-order valence-electron chi connectivity index (χ4n) is 2.25. The number of esters is 1. The van der Waals surface area contributed by atoms with E-state index < -0.39 is 36.2 Å². The SMILES string of the molecule is C=CCC(C)COC(=O)C(C(C)C)C(CC(=O)CO)C(=O)O. The Kier molecular flexibility index (Phi) is 9.33. The lowest BCUT2D eigenvalue weighted by atomic mass is 9.80. The Morgan fingerprint density at radius 2 is 1.82 bits per heavy atom. The van der Waals surface area contributed by atoms with E-state index in [9.17, 15) is 19.5 Å². The lowest BCUT2D eigenvalue weighted by Crippen LogP contribution is -2.37. The summed E-state index contributed by atoms with van der Waals surface area (Å²) in [6.45, 7) is 8.35. The van der Waals surface area contributed by atoms with Crippen LogP contribution >= 0.6 is 0 Å². The summed E-state index contributed by atoms with van der Waals surface area (Å²) in [5.74, 6) is -4.79. The number of hydrogen-bond donors (Lipinski definition) is 2. The van der Waals surface area contributed by atoms with Crippen LogP contribution in [0.2, 0.25) is 0 Å². The number of aliphatic hydroxyl groups excluding tert-OH is 1. The minimum atomic E-state index is -1.24. The highest BCUT2D eigenvalue weighted by molar-refractivity contribution is 5.88. The van der Waals surface area contributed by atoms with Crippen LogP contribution in [0.1, 0.15) is 33.6 Å². The van der Waals surface area contributed by atoms with Gasteiger partial charge in [0, 0.05) is 6.42 Å². The molecule has 3 unspecified atom stereocenters. The third-order valence-corrected chi connectivity index (χ3v) is 3.44. The molecule has 0 radical (unpaired) electrons. The Hall–Kier alpha value is -1.69. The molecule has 22 heavy (non-hydrogen) atoms. The molecule has 126 valence electrons. The van der Waals surface area contributed by atoms with Gasteiger partial charge in [-0.3, -0.25) is 14.4 Å². The molecule has 0 aromatic heterocycles. The molecule has 0 aromatic rings. The smallest absolute Gasteiger partial charge is 0.310 e. The van der Waals surface area contributed by atoms with Crippen LogP contribution < -0.4 is 0 Å². The van der Waals surface area contributed by atoms with Crippen molar-refractivity contribution in [1.82, 2.24) is 0 Å². The summed E-state index contributed by atoms with van der Waals surface area (Å²) >= 11 is 0. The van der Waals surface area contributed by atoms with E-state index in [-0.39, 0.29) is 24.9 Å². The van der Waals surface area contributed by atoms with Gasteiger partial charge in [-0.05, 0) is 18.3 Å². The van der Waals surface area contributed by atoms with Crippen LogP contribution in [0, 0.1) is 23.7 Å². The Morgan fingerprint density at radius 3 is 2.23 bits per heavy atom. The van der Waals surface area contributed by atoms with E-state index in [2.05, 4.69) is 6.58 Å². The molecular weight excluding hydrogens is 288 g/mol. The van der Waals surface area contributed by atoms with Crippen molar-refractivity contribution in [2.75, 3.05) is 13.2 Å². The zero-order valence-corrected chi connectivity index (χ0v) is 13.4. The predicted octanol–water partition coefficient (Wildman–Crippen LogP) is 1.67. The predicted molar refractivity (Wildman–Crippen MR) is 81.1 cm³/mol. The van der Waals surface area contributed by atoms with Crippen molar-refractivity contribution in [3.63, 3.8) is 0 Å². The number of carbonyl (C=O) groups excluding carboxylic acids is 2. The van der Waals surface area contributed by atoms with Crippen molar-refractivity contribution in [2.45, 2.75) is 33.6 Å². The molecule has 0 aromatic carbocycles. The van der Waals surface area contributed by atoms with Crippen molar-refractivity contribution in [2.24, 2.45) is 23.7 Å². The second kappa shape index (κ2) is 10.1. The van der Waals surface area contributed by atoms with Gasteiger partial charge in [0.1, 0.15) is 6.61 Å². The van der Waals surface area contributed by atoms with Gasteiger partial charge in [0.15, 0.2) is 5.78 Å². The first-order valence-electron chi connectivity index (χ1n) is 7.37. The topological polar surface area (TPSA) is 101 Å². The van der Waals surface area contributed by atoms with Crippen LogP contribution in [0.5, 0.6) is 0 Å². The number of Topliss-reactive ketones (excluding diaryl/α,β-unsaturated/α-hetero) is 1. The summed E-state index contributed by atoms with van der Waals surface area (Å²) < 4.78 is 5.20. The standard InChI is InChI=1S/C16H26O6/c1-5-6-11(4)9-22-16(21)14(10(2)3)13(15(19)20)7-12(18)8-17/h5,10-11,13-14,17H,1,6-9H2,2-4H3,(H,19,20). The number of aliphatic hydroxyl groups is 1. The molecule has 0 fully saturated rings. The Balaban J connectivity index is 4.98. The van der Waals surface area contributed by atoms with E-state index in [0.29, 0.717) is 6.42 Å². The highest BCUT2D eigenvalue weighted by Gasteiger charge is 2.38. The van der Waals surface area contributed by atoms with E-state index in [4.69, 9.17) is 9.84 Å². The number of aliphatic carboxylic acids is 1. The van der Waals surface area contributed by atoms with E-state index in [1.807, 2.05) is 6.92 Å². The molecule has 0 amide bonds. The third-order valence-electron chi connectivity index (χ3n) is 3.44. The number of rotatable bonds is 11. The van der Waals surface area contributed by atoms with E-state index in [1.54, 1.807) is 19.9 Å². The van der Waals surface area contributed by atoms with E-state index in [0.717, 1.165) is 0 Å². The largest absolute Gasteiger partial charge is 0.481 e. The normalized spacial score (nSPS) is 15.0. The van der Waals surface area contributed by atoms with Crippen molar-refractivity contribution in [1.29, 1.82) is 0 Å². The maximum atomic E-state index is 12.2. The Bertz CT molecular complexity index is 401. The zero-order chi connectivity index (χ0) is 17.3. The molecular formula is C16H26O6. The van der Waals surface area contributed by atoms with Gasteiger partial charge in [0.25, 0.3) is 0 Å². The molecule has 3 atom stereocenters. The highest BCUT2D eigenvalue weighted by atomic mass is 16.5. The summed E-state index contributed by atoms with van der Waals surface area (Å²) in [5, 5.41) is 18.1. The number of hydrogen-bond acceptors (Lipinski definition) is 5. The molecule has 0 aliphatic heterocycles. The first kappa shape index (κ1) is 20.3. The van der Waals surface area contributed by atoms with Gasteiger partial charge in [-0.15, -0.1) is 6.58 Å². The van der Waals surface area contributed by atoms with Gasteiger partial charge < -0.3 is 14.9 Å². The fraction of sp³-hybridized carbons (Fsp3) is 0.688. The number of ether oxygens (including phenoxy) is 1. The lowest BCUT2D eigenvalue weighted by molar-refractivity contribution is -0.161. The van der Waals surface area contributed by atoms with E-state index >= 15 is 0 Å². The molecule has 6 nitrogen and oxygen atoms in total. The highest BCUT2D eigenvalue weighted by Crippen LogP contribution is 2.26. The minimum Gasteiger partial charge on any atom is -0.481 e. The molecule has 0 spiro atoms.